The minimum absolute atomic E-state index is 0.268. The second kappa shape index (κ2) is 4.02. The molecular formula is C8H13O2S-. The minimum Gasteiger partial charge on any atom is -0.772 e. The lowest BCUT2D eigenvalue weighted by Gasteiger charge is -2.20. The average molecular weight is 173 g/mol. The van der Waals surface area contributed by atoms with Crippen molar-refractivity contribution in [3.8, 4) is 0 Å². The molecule has 1 rings (SSSR count). The van der Waals surface area contributed by atoms with Crippen molar-refractivity contribution in [2.75, 3.05) is 5.75 Å². The molecule has 0 heterocycles. The van der Waals surface area contributed by atoms with Gasteiger partial charge in [0.05, 0.1) is 0 Å². The normalized spacial score (nSPS) is 33.6. The Morgan fingerprint density at radius 1 is 1.55 bits per heavy atom. The van der Waals surface area contributed by atoms with E-state index in [1.807, 2.05) is 6.08 Å². The smallest absolute Gasteiger partial charge is 0.0165 e. The van der Waals surface area contributed by atoms with E-state index in [4.69, 9.17) is 0 Å². The molecular weight excluding hydrogens is 160 g/mol. The lowest BCUT2D eigenvalue weighted by atomic mass is 9.91. The maximum absolute atomic E-state index is 10.3. The fourth-order valence-corrected chi connectivity index (χ4v) is 1.96. The van der Waals surface area contributed by atoms with E-state index >= 15 is 0 Å². The molecule has 0 fully saturated rings. The number of hydrogen-bond donors (Lipinski definition) is 0. The van der Waals surface area contributed by atoms with Gasteiger partial charge < -0.3 is 4.55 Å². The average Bonchev–Trinajstić information content (AvgIpc) is 1.93. The molecule has 0 aromatic carbocycles. The Labute approximate surface area is 70.0 Å². The SMILES string of the molecule is CC1C=CC(CS(=O)[O-])CC1. The molecule has 0 aromatic heterocycles. The van der Waals surface area contributed by atoms with Crippen molar-refractivity contribution in [2.45, 2.75) is 19.8 Å². The van der Waals surface area contributed by atoms with Crippen LogP contribution in [0.15, 0.2) is 12.2 Å². The van der Waals surface area contributed by atoms with Gasteiger partial charge >= 0.3 is 0 Å². The van der Waals surface area contributed by atoms with Crippen molar-refractivity contribution in [3.05, 3.63) is 12.2 Å². The van der Waals surface area contributed by atoms with Crippen LogP contribution in [0.2, 0.25) is 0 Å². The molecule has 64 valence electrons. The Kier molecular flexibility index (Phi) is 3.27. The standard InChI is InChI=1S/C8H14O2S/c1-7-2-4-8(5-3-7)6-11(9)10/h2,4,7-8H,3,5-6H2,1H3,(H,9,10)/p-1. The highest BCUT2D eigenvalue weighted by molar-refractivity contribution is 7.79. The number of allylic oxidation sites excluding steroid dienone is 2. The molecule has 3 atom stereocenters. The maximum atomic E-state index is 10.3. The highest BCUT2D eigenvalue weighted by Crippen LogP contribution is 2.21. The van der Waals surface area contributed by atoms with Crippen LogP contribution in [0.25, 0.3) is 0 Å². The summed E-state index contributed by atoms with van der Waals surface area (Å²) in [5.74, 6) is 1.19. The van der Waals surface area contributed by atoms with Gasteiger partial charge in [-0.3, -0.25) is 4.21 Å². The fourth-order valence-electron chi connectivity index (χ4n) is 1.33. The molecule has 0 saturated heterocycles. The minimum atomic E-state index is -1.88. The third-order valence-electron chi connectivity index (χ3n) is 2.05. The molecule has 0 amide bonds. The van der Waals surface area contributed by atoms with Crippen LogP contribution in [0.5, 0.6) is 0 Å². The third-order valence-corrected chi connectivity index (χ3v) is 2.76. The molecule has 3 unspecified atom stereocenters. The van der Waals surface area contributed by atoms with Gasteiger partial charge in [-0.2, -0.15) is 0 Å². The van der Waals surface area contributed by atoms with Crippen LogP contribution in [0.4, 0.5) is 0 Å². The largest absolute Gasteiger partial charge is 0.772 e. The van der Waals surface area contributed by atoms with Gasteiger partial charge in [0, 0.05) is 5.75 Å². The number of rotatable bonds is 2. The summed E-state index contributed by atoms with van der Waals surface area (Å²) in [6, 6.07) is 0. The first kappa shape index (κ1) is 8.94. The Balaban J connectivity index is 2.38. The van der Waals surface area contributed by atoms with E-state index in [1.54, 1.807) is 0 Å². The monoisotopic (exact) mass is 173 g/mol. The van der Waals surface area contributed by atoms with Crippen molar-refractivity contribution in [1.82, 2.24) is 0 Å². The van der Waals surface area contributed by atoms with Crippen LogP contribution in [-0.4, -0.2) is 14.5 Å². The Morgan fingerprint density at radius 2 is 2.27 bits per heavy atom. The summed E-state index contributed by atoms with van der Waals surface area (Å²) in [7, 11) is 0. The first-order valence-corrected chi connectivity index (χ1v) is 5.17. The second-order valence-corrected chi connectivity index (χ2v) is 4.11. The van der Waals surface area contributed by atoms with Crippen LogP contribution in [0.3, 0.4) is 0 Å². The molecule has 0 N–H and O–H groups in total. The first-order chi connectivity index (χ1) is 5.18. The van der Waals surface area contributed by atoms with Crippen molar-refractivity contribution in [3.63, 3.8) is 0 Å². The molecule has 2 nitrogen and oxygen atoms in total. The van der Waals surface area contributed by atoms with Crippen molar-refractivity contribution in [1.29, 1.82) is 0 Å². The first-order valence-electron chi connectivity index (χ1n) is 3.92. The lowest BCUT2D eigenvalue weighted by molar-refractivity contribution is 0.483. The van der Waals surface area contributed by atoms with Crippen LogP contribution in [0, 0.1) is 11.8 Å². The van der Waals surface area contributed by atoms with E-state index in [2.05, 4.69) is 13.0 Å². The highest BCUT2D eigenvalue weighted by Gasteiger charge is 2.11. The third kappa shape index (κ3) is 3.16. The Morgan fingerprint density at radius 3 is 2.73 bits per heavy atom. The molecule has 3 heteroatoms. The van der Waals surface area contributed by atoms with Crippen molar-refractivity contribution in [2.24, 2.45) is 11.8 Å². The Hall–Kier alpha value is -0.150. The van der Waals surface area contributed by atoms with Gasteiger partial charge in [-0.25, -0.2) is 0 Å². The van der Waals surface area contributed by atoms with E-state index < -0.39 is 11.1 Å². The number of hydrogen-bond acceptors (Lipinski definition) is 2. The van der Waals surface area contributed by atoms with Crippen LogP contribution in [-0.2, 0) is 11.1 Å². The molecule has 1 aliphatic carbocycles. The fraction of sp³-hybridized carbons (Fsp3) is 0.750. The van der Waals surface area contributed by atoms with Crippen LogP contribution in [0.1, 0.15) is 19.8 Å². The summed E-state index contributed by atoms with van der Waals surface area (Å²) in [5.41, 5.74) is 0. The van der Waals surface area contributed by atoms with Gasteiger partial charge in [-0.15, -0.1) is 0 Å². The summed E-state index contributed by atoms with van der Waals surface area (Å²) in [5, 5.41) is 0. The van der Waals surface area contributed by atoms with Crippen molar-refractivity contribution < 1.29 is 8.76 Å². The summed E-state index contributed by atoms with van der Waals surface area (Å²) < 4.78 is 20.6. The van der Waals surface area contributed by atoms with E-state index in [-0.39, 0.29) is 5.92 Å². The van der Waals surface area contributed by atoms with Crippen LogP contribution >= 0.6 is 0 Å². The molecule has 1 aliphatic rings. The zero-order valence-electron chi connectivity index (χ0n) is 6.66. The molecule has 0 bridgehead atoms. The lowest BCUT2D eigenvalue weighted by Crippen LogP contribution is -2.13. The maximum Gasteiger partial charge on any atom is 0.0165 e. The predicted octanol–water partition coefficient (Wildman–Crippen LogP) is 1.47. The molecule has 0 spiro atoms. The highest BCUT2D eigenvalue weighted by atomic mass is 32.2. The van der Waals surface area contributed by atoms with Gasteiger partial charge in [-0.05, 0) is 24.7 Å². The molecule has 0 saturated carbocycles. The second-order valence-electron chi connectivity index (χ2n) is 3.17. The van der Waals surface area contributed by atoms with E-state index in [1.165, 1.54) is 0 Å². The zero-order chi connectivity index (χ0) is 8.27. The molecule has 0 aromatic rings. The molecule has 0 radical (unpaired) electrons. The summed E-state index contributed by atoms with van der Waals surface area (Å²) >= 11 is -1.88. The van der Waals surface area contributed by atoms with E-state index in [0.29, 0.717) is 11.7 Å². The van der Waals surface area contributed by atoms with E-state index in [0.717, 1.165) is 12.8 Å². The molecule has 11 heavy (non-hydrogen) atoms. The van der Waals surface area contributed by atoms with Gasteiger partial charge in [0.2, 0.25) is 0 Å². The quantitative estimate of drug-likeness (QED) is 0.468. The summed E-state index contributed by atoms with van der Waals surface area (Å²) in [4.78, 5) is 0. The van der Waals surface area contributed by atoms with E-state index in [9.17, 15) is 8.76 Å². The zero-order valence-corrected chi connectivity index (χ0v) is 7.47. The molecule has 0 aliphatic heterocycles. The van der Waals surface area contributed by atoms with Crippen molar-refractivity contribution >= 4 is 11.1 Å². The Bertz CT molecular complexity index is 177. The summed E-state index contributed by atoms with van der Waals surface area (Å²) in [6.45, 7) is 2.15. The van der Waals surface area contributed by atoms with Gasteiger partial charge in [-0.1, -0.05) is 30.2 Å². The topological polar surface area (TPSA) is 40.1 Å². The van der Waals surface area contributed by atoms with Gasteiger partial charge in [0.1, 0.15) is 0 Å². The predicted molar refractivity (Wildman–Crippen MR) is 44.8 cm³/mol. The summed E-state index contributed by atoms with van der Waals surface area (Å²) in [6.07, 6.45) is 6.29. The van der Waals surface area contributed by atoms with Gasteiger partial charge in [0.15, 0.2) is 0 Å². The van der Waals surface area contributed by atoms with Gasteiger partial charge in [0.25, 0.3) is 0 Å². The van der Waals surface area contributed by atoms with Crippen LogP contribution < -0.4 is 0 Å².